The Morgan fingerprint density at radius 1 is 0.844 bits per heavy atom. The second kappa shape index (κ2) is 8.44. The highest BCUT2D eigenvalue weighted by molar-refractivity contribution is 5.95. The first-order valence-electron chi connectivity index (χ1n) is 9.54. The average molecular weight is 438 g/mol. The lowest BCUT2D eigenvalue weighted by Gasteiger charge is -2.36. The Balaban J connectivity index is 1.75. The second-order valence-electron chi connectivity index (χ2n) is 6.93. The van der Waals surface area contributed by atoms with E-state index in [0.29, 0.717) is 0 Å². The van der Waals surface area contributed by atoms with Gasteiger partial charge in [0.25, 0.3) is 0 Å². The van der Waals surface area contributed by atoms with Gasteiger partial charge in [0, 0.05) is 0 Å². The molecule has 0 aliphatic carbocycles. The SMILES string of the molecule is O=C(Oc1c(OC(=O)c2ccccc2)c(O)n(C2C(=O)NC2CO)c1O)c1ccccc1. The van der Waals surface area contributed by atoms with E-state index >= 15 is 0 Å². The highest BCUT2D eigenvalue weighted by atomic mass is 16.6. The molecule has 1 aliphatic rings. The summed E-state index contributed by atoms with van der Waals surface area (Å²) in [7, 11) is 0. The molecule has 1 saturated heterocycles. The highest BCUT2D eigenvalue weighted by Crippen LogP contribution is 2.50. The van der Waals surface area contributed by atoms with Gasteiger partial charge in [-0.15, -0.1) is 0 Å². The van der Waals surface area contributed by atoms with Crippen molar-refractivity contribution in [2.24, 2.45) is 0 Å². The zero-order valence-corrected chi connectivity index (χ0v) is 16.5. The number of aromatic hydroxyl groups is 2. The number of hydrogen-bond acceptors (Lipinski definition) is 8. The maximum atomic E-state index is 12.5. The van der Waals surface area contributed by atoms with Crippen LogP contribution in [0.5, 0.6) is 23.3 Å². The minimum atomic E-state index is -1.21. The van der Waals surface area contributed by atoms with E-state index in [1.54, 1.807) is 36.4 Å². The largest absolute Gasteiger partial charge is 0.492 e. The first-order valence-corrected chi connectivity index (χ1v) is 9.54. The van der Waals surface area contributed by atoms with E-state index in [1.165, 1.54) is 24.3 Å². The van der Waals surface area contributed by atoms with Crippen LogP contribution in [0.1, 0.15) is 26.8 Å². The average Bonchev–Trinajstić information content (AvgIpc) is 3.02. The number of aliphatic hydroxyl groups is 1. The summed E-state index contributed by atoms with van der Waals surface area (Å²) in [5, 5.41) is 33.2. The molecule has 4 N–H and O–H groups in total. The maximum Gasteiger partial charge on any atom is 0.343 e. The van der Waals surface area contributed by atoms with E-state index in [0.717, 1.165) is 4.57 Å². The highest BCUT2D eigenvalue weighted by Gasteiger charge is 2.45. The number of carbonyl (C=O) groups is 3. The number of nitrogens with one attached hydrogen (secondary N) is 1. The van der Waals surface area contributed by atoms with Gasteiger partial charge in [0.2, 0.25) is 29.2 Å². The van der Waals surface area contributed by atoms with Crippen LogP contribution in [0.3, 0.4) is 0 Å². The molecule has 10 nitrogen and oxygen atoms in total. The molecule has 0 radical (unpaired) electrons. The summed E-state index contributed by atoms with van der Waals surface area (Å²) >= 11 is 0. The Labute approximate surface area is 181 Å². The molecule has 164 valence electrons. The number of nitrogens with zero attached hydrogens (tertiary/aromatic N) is 1. The lowest BCUT2D eigenvalue weighted by Crippen LogP contribution is -2.60. The predicted octanol–water partition coefficient (Wildman–Crippen LogP) is 1.37. The van der Waals surface area contributed by atoms with E-state index in [9.17, 15) is 29.7 Å². The normalized spacial score (nSPS) is 17.2. The second-order valence-corrected chi connectivity index (χ2v) is 6.93. The van der Waals surface area contributed by atoms with Crippen molar-refractivity contribution in [2.75, 3.05) is 6.61 Å². The molecule has 0 spiro atoms. The molecule has 2 atom stereocenters. The van der Waals surface area contributed by atoms with Crippen LogP contribution in [0.4, 0.5) is 0 Å². The van der Waals surface area contributed by atoms with Gasteiger partial charge in [-0.25, -0.2) is 9.59 Å². The molecule has 0 bridgehead atoms. The molecule has 3 aromatic rings. The molecule has 2 aromatic carbocycles. The molecule has 1 amide bonds. The number of hydrogen-bond donors (Lipinski definition) is 4. The van der Waals surface area contributed by atoms with Gasteiger partial charge in [0.05, 0.1) is 23.8 Å². The fourth-order valence-corrected chi connectivity index (χ4v) is 3.30. The van der Waals surface area contributed by atoms with Crippen LogP contribution in [0, 0.1) is 0 Å². The smallest absolute Gasteiger partial charge is 0.343 e. The number of benzene rings is 2. The van der Waals surface area contributed by atoms with E-state index in [1.807, 2.05) is 0 Å². The lowest BCUT2D eigenvalue weighted by atomic mass is 10.00. The van der Waals surface area contributed by atoms with Crippen LogP contribution < -0.4 is 14.8 Å². The summed E-state index contributed by atoms with van der Waals surface area (Å²) in [5.74, 6) is -5.32. The molecule has 10 heteroatoms. The minimum Gasteiger partial charge on any atom is -0.492 e. The van der Waals surface area contributed by atoms with Gasteiger partial charge in [-0.1, -0.05) is 36.4 Å². The summed E-state index contributed by atoms with van der Waals surface area (Å²) in [6.07, 6.45) is 0. The van der Waals surface area contributed by atoms with Gasteiger partial charge in [-0.05, 0) is 24.3 Å². The first kappa shape index (κ1) is 20.9. The monoisotopic (exact) mass is 438 g/mol. The van der Waals surface area contributed by atoms with Crippen molar-refractivity contribution in [3.63, 3.8) is 0 Å². The van der Waals surface area contributed by atoms with Crippen LogP contribution in [-0.4, -0.2) is 50.4 Å². The number of carbonyl (C=O) groups excluding carboxylic acids is 3. The van der Waals surface area contributed by atoms with Crippen molar-refractivity contribution >= 4 is 17.8 Å². The van der Waals surface area contributed by atoms with Crippen LogP contribution in [0.15, 0.2) is 60.7 Å². The van der Waals surface area contributed by atoms with E-state index < -0.39 is 59.8 Å². The molecule has 2 heterocycles. The predicted molar refractivity (Wildman–Crippen MR) is 109 cm³/mol. The Hall–Kier alpha value is -4.31. The Kier molecular flexibility index (Phi) is 5.52. The summed E-state index contributed by atoms with van der Waals surface area (Å²) in [6.45, 7) is -0.480. The van der Waals surface area contributed by atoms with Gasteiger partial charge in [0.1, 0.15) is 6.04 Å². The van der Waals surface area contributed by atoms with Gasteiger partial charge in [0.15, 0.2) is 0 Å². The number of esters is 2. The van der Waals surface area contributed by atoms with Crippen molar-refractivity contribution in [3.8, 4) is 23.3 Å². The zero-order valence-electron chi connectivity index (χ0n) is 16.5. The Bertz CT molecular complexity index is 1100. The summed E-state index contributed by atoms with van der Waals surface area (Å²) < 4.78 is 11.2. The summed E-state index contributed by atoms with van der Waals surface area (Å²) in [4.78, 5) is 37.1. The fourth-order valence-electron chi connectivity index (χ4n) is 3.30. The molecular formula is C22H18N2O8. The van der Waals surface area contributed by atoms with Crippen molar-refractivity contribution in [1.29, 1.82) is 0 Å². The van der Waals surface area contributed by atoms with Crippen molar-refractivity contribution < 1.29 is 39.2 Å². The molecule has 1 aromatic heterocycles. The number of rotatable bonds is 6. The van der Waals surface area contributed by atoms with E-state index in [2.05, 4.69) is 5.32 Å². The molecule has 32 heavy (non-hydrogen) atoms. The van der Waals surface area contributed by atoms with E-state index in [-0.39, 0.29) is 11.1 Å². The topological polar surface area (TPSA) is 147 Å². The van der Waals surface area contributed by atoms with Gasteiger partial charge >= 0.3 is 11.9 Å². The standard InChI is InChI=1S/C22H18N2O8/c25-11-14-15(18(26)23-14)24-19(27)16(31-21(29)12-7-3-1-4-8-12)17(20(24)28)32-22(30)13-9-5-2-6-10-13/h1-10,14-15,25,27-28H,11H2,(H,23,26). The number of aromatic nitrogens is 1. The summed E-state index contributed by atoms with van der Waals surface area (Å²) in [5.41, 5.74) is 0.267. The van der Waals surface area contributed by atoms with Crippen molar-refractivity contribution in [2.45, 2.75) is 12.1 Å². The van der Waals surface area contributed by atoms with Crippen LogP contribution in [-0.2, 0) is 4.79 Å². The van der Waals surface area contributed by atoms with Crippen LogP contribution in [0.25, 0.3) is 0 Å². The molecule has 1 aliphatic heterocycles. The molecule has 2 unspecified atom stereocenters. The lowest BCUT2D eigenvalue weighted by molar-refractivity contribution is -0.135. The fraction of sp³-hybridized carbons (Fsp3) is 0.136. The first-order chi connectivity index (χ1) is 15.4. The zero-order chi connectivity index (χ0) is 22.8. The molecular weight excluding hydrogens is 420 g/mol. The Morgan fingerprint density at radius 2 is 1.28 bits per heavy atom. The van der Waals surface area contributed by atoms with E-state index in [4.69, 9.17) is 9.47 Å². The third kappa shape index (κ3) is 3.63. The quantitative estimate of drug-likeness (QED) is 0.333. The third-order valence-electron chi connectivity index (χ3n) is 4.93. The third-order valence-corrected chi connectivity index (χ3v) is 4.93. The maximum absolute atomic E-state index is 12.5. The Morgan fingerprint density at radius 3 is 1.66 bits per heavy atom. The van der Waals surface area contributed by atoms with Gasteiger partial charge in [-0.3, -0.25) is 9.36 Å². The van der Waals surface area contributed by atoms with Crippen molar-refractivity contribution in [1.82, 2.24) is 9.88 Å². The number of amides is 1. The minimum absolute atomic E-state index is 0.133. The van der Waals surface area contributed by atoms with Gasteiger partial charge in [-0.2, -0.15) is 0 Å². The molecule has 4 rings (SSSR count). The number of aliphatic hydroxyl groups excluding tert-OH is 1. The van der Waals surface area contributed by atoms with Crippen LogP contribution >= 0.6 is 0 Å². The van der Waals surface area contributed by atoms with Crippen molar-refractivity contribution in [3.05, 3.63) is 71.8 Å². The molecule has 1 fully saturated rings. The number of ether oxygens (including phenoxy) is 2. The molecule has 0 saturated carbocycles. The number of β-lactam (4-membered cyclic amide) rings is 1. The summed E-state index contributed by atoms with van der Waals surface area (Å²) in [6, 6.07) is 13.6. The van der Waals surface area contributed by atoms with Crippen LogP contribution in [0.2, 0.25) is 0 Å². The van der Waals surface area contributed by atoms with Gasteiger partial charge < -0.3 is 30.1 Å².